The highest BCUT2D eigenvalue weighted by atomic mass is 35.5. The van der Waals surface area contributed by atoms with Crippen LogP contribution in [-0.2, 0) is 4.74 Å². The van der Waals surface area contributed by atoms with Crippen molar-refractivity contribution in [1.29, 1.82) is 0 Å². The second-order valence-corrected chi connectivity index (χ2v) is 5.66. The maximum Gasteiger partial charge on any atom is 0.274 e. The van der Waals surface area contributed by atoms with Crippen molar-refractivity contribution in [2.45, 2.75) is 31.4 Å². The van der Waals surface area contributed by atoms with Gasteiger partial charge >= 0.3 is 0 Å². The molecule has 1 aliphatic carbocycles. The molecule has 1 aliphatic heterocycles. The fourth-order valence-corrected chi connectivity index (χ4v) is 3.22. The van der Waals surface area contributed by atoms with E-state index in [9.17, 15) is 4.79 Å². The van der Waals surface area contributed by atoms with Gasteiger partial charge in [-0.1, -0.05) is 23.2 Å². The molecule has 2 atom stereocenters. The van der Waals surface area contributed by atoms with Gasteiger partial charge < -0.3 is 9.64 Å². The maximum absolute atomic E-state index is 12.6. The van der Waals surface area contributed by atoms with E-state index in [0.29, 0.717) is 18.2 Å². The van der Waals surface area contributed by atoms with Crippen molar-refractivity contribution in [1.82, 2.24) is 9.88 Å². The molecule has 102 valence electrons. The molecule has 1 saturated carbocycles. The van der Waals surface area contributed by atoms with E-state index in [1.54, 1.807) is 12.1 Å². The number of carbonyl (C=O) groups is 1. The lowest BCUT2D eigenvalue weighted by Crippen LogP contribution is -2.51. The van der Waals surface area contributed by atoms with Gasteiger partial charge in [-0.25, -0.2) is 4.98 Å². The Balaban J connectivity index is 1.88. The third-order valence-corrected chi connectivity index (χ3v) is 4.27. The number of amides is 1. The van der Waals surface area contributed by atoms with E-state index in [4.69, 9.17) is 27.9 Å². The van der Waals surface area contributed by atoms with Crippen LogP contribution in [-0.4, -0.2) is 41.1 Å². The quantitative estimate of drug-likeness (QED) is 0.749. The van der Waals surface area contributed by atoms with E-state index in [1.807, 2.05) is 4.90 Å². The fourth-order valence-electron chi connectivity index (χ4n) is 2.88. The Morgan fingerprint density at radius 2 is 2.21 bits per heavy atom. The van der Waals surface area contributed by atoms with E-state index in [2.05, 4.69) is 4.98 Å². The zero-order valence-electron chi connectivity index (χ0n) is 10.3. The molecule has 0 bridgehead atoms. The third kappa shape index (κ3) is 2.45. The summed E-state index contributed by atoms with van der Waals surface area (Å²) >= 11 is 11.9. The fraction of sp³-hybridized carbons (Fsp3) is 0.538. The van der Waals surface area contributed by atoms with E-state index in [0.717, 1.165) is 19.3 Å². The van der Waals surface area contributed by atoms with E-state index in [-0.39, 0.29) is 28.9 Å². The minimum absolute atomic E-state index is 0.146. The number of ether oxygens (including phenoxy) is 1. The topological polar surface area (TPSA) is 42.4 Å². The summed E-state index contributed by atoms with van der Waals surface area (Å²) in [5.41, 5.74) is 0.238. The Kier molecular flexibility index (Phi) is 3.65. The van der Waals surface area contributed by atoms with Crippen molar-refractivity contribution in [3.63, 3.8) is 0 Å². The smallest absolute Gasteiger partial charge is 0.274 e. The number of carbonyl (C=O) groups excluding carboxylic acids is 1. The molecule has 1 aromatic rings. The summed E-state index contributed by atoms with van der Waals surface area (Å²) in [7, 11) is 0. The first-order valence-electron chi connectivity index (χ1n) is 6.41. The van der Waals surface area contributed by atoms with Crippen molar-refractivity contribution < 1.29 is 9.53 Å². The molecule has 0 radical (unpaired) electrons. The zero-order chi connectivity index (χ0) is 13.4. The molecule has 2 fully saturated rings. The highest BCUT2D eigenvalue weighted by Crippen LogP contribution is 2.31. The van der Waals surface area contributed by atoms with Crippen LogP contribution < -0.4 is 0 Å². The monoisotopic (exact) mass is 300 g/mol. The molecule has 19 heavy (non-hydrogen) atoms. The van der Waals surface area contributed by atoms with Crippen molar-refractivity contribution in [3.05, 3.63) is 28.0 Å². The van der Waals surface area contributed by atoms with Gasteiger partial charge in [-0.2, -0.15) is 0 Å². The number of aromatic nitrogens is 1. The number of fused-ring (bicyclic) bond motifs is 1. The predicted octanol–water partition coefficient (Wildman–Crippen LogP) is 2.78. The first kappa shape index (κ1) is 13.2. The molecular formula is C13H14Cl2N2O2. The number of rotatable bonds is 1. The molecule has 0 spiro atoms. The maximum atomic E-state index is 12.6. The summed E-state index contributed by atoms with van der Waals surface area (Å²) in [6.07, 6.45) is 3.26. The van der Waals surface area contributed by atoms with Crippen LogP contribution in [0.4, 0.5) is 0 Å². The van der Waals surface area contributed by atoms with Crippen LogP contribution in [0.5, 0.6) is 0 Å². The lowest BCUT2D eigenvalue weighted by molar-refractivity contribution is -0.0447. The molecule has 0 N–H and O–H groups in total. The molecule has 1 saturated heterocycles. The SMILES string of the molecule is O=C(c1nc(Cl)ccc1Cl)N1CCOC2CCCC21. The van der Waals surface area contributed by atoms with Crippen LogP contribution in [0.15, 0.2) is 12.1 Å². The molecule has 4 nitrogen and oxygen atoms in total. The first-order valence-corrected chi connectivity index (χ1v) is 7.17. The second kappa shape index (κ2) is 5.27. The molecule has 2 unspecified atom stereocenters. The summed E-state index contributed by atoms with van der Waals surface area (Å²) in [5.74, 6) is -0.146. The van der Waals surface area contributed by atoms with Crippen LogP contribution in [0.3, 0.4) is 0 Å². The Morgan fingerprint density at radius 3 is 3.05 bits per heavy atom. The van der Waals surface area contributed by atoms with Crippen molar-refractivity contribution in [2.24, 2.45) is 0 Å². The average Bonchev–Trinajstić information content (AvgIpc) is 2.89. The summed E-state index contributed by atoms with van der Waals surface area (Å²) in [5, 5.41) is 0.624. The molecule has 1 amide bonds. The predicted molar refractivity (Wildman–Crippen MR) is 72.7 cm³/mol. The summed E-state index contributed by atoms with van der Waals surface area (Å²) in [6, 6.07) is 3.34. The molecule has 6 heteroatoms. The molecular weight excluding hydrogens is 287 g/mol. The normalized spacial score (nSPS) is 26.3. The number of hydrogen-bond acceptors (Lipinski definition) is 3. The number of halogens is 2. The van der Waals surface area contributed by atoms with E-state index < -0.39 is 0 Å². The molecule has 2 aliphatic rings. The average molecular weight is 301 g/mol. The Labute approximate surface area is 121 Å². The Hall–Kier alpha value is -0.840. The first-order chi connectivity index (χ1) is 9.16. The lowest BCUT2D eigenvalue weighted by Gasteiger charge is -2.37. The number of morpholine rings is 1. The van der Waals surface area contributed by atoms with E-state index in [1.165, 1.54) is 0 Å². The number of nitrogens with zero attached hydrogens (tertiary/aromatic N) is 2. The summed E-state index contributed by atoms with van der Waals surface area (Å²) in [6.45, 7) is 1.16. The van der Waals surface area contributed by atoms with Gasteiger partial charge in [-0.15, -0.1) is 0 Å². The van der Waals surface area contributed by atoms with Crippen LogP contribution in [0.1, 0.15) is 29.8 Å². The lowest BCUT2D eigenvalue weighted by atomic mass is 10.1. The molecule has 1 aromatic heterocycles. The Morgan fingerprint density at radius 1 is 1.37 bits per heavy atom. The van der Waals surface area contributed by atoms with Crippen LogP contribution in [0, 0.1) is 0 Å². The van der Waals surface area contributed by atoms with Crippen LogP contribution in [0.25, 0.3) is 0 Å². The molecule has 3 rings (SSSR count). The van der Waals surface area contributed by atoms with Gasteiger partial charge in [0.15, 0.2) is 0 Å². The molecule has 2 heterocycles. The van der Waals surface area contributed by atoms with Crippen molar-refractivity contribution in [2.75, 3.05) is 13.2 Å². The van der Waals surface area contributed by atoms with Gasteiger partial charge in [0.05, 0.1) is 23.8 Å². The van der Waals surface area contributed by atoms with E-state index >= 15 is 0 Å². The van der Waals surface area contributed by atoms with Gasteiger partial charge in [-0.3, -0.25) is 4.79 Å². The summed E-state index contributed by atoms with van der Waals surface area (Å²) < 4.78 is 5.70. The Bertz CT molecular complexity index is 509. The van der Waals surface area contributed by atoms with Gasteiger partial charge in [0.2, 0.25) is 0 Å². The van der Waals surface area contributed by atoms with Gasteiger partial charge in [0, 0.05) is 6.54 Å². The highest BCUT2D eigenvalue weighted by Gasteiger charge is 2.39. The van der Waals surface area contributed by atoms with Crippen LogP contribution in [0.2, 0.25) is 10.2 Å². The standard InChI is InChI=1S/C13H14Cl2N2O2/c14-8-4-5-11(15)16-12(8)13(18)17-6-7-19-10-3-1-2-9(10)17/h4-5,9-10H,1-3,6-7H2. The van der Waals surface area contributed by atoms with Crippen molar-refractivity contribution >= 4 is 29.1 Å². The van der Waals surface area contributed by atoms with Crippen LogP contribution >= 0.6 is 23.2 Å². The summed E-state index contributed by atoms with van der Waals surface area (Å²) in [4.78, 5) is 18.5. The van der Waals surface area contributed by atoms with Gasteiger partial charge in [-0.05, 0) is 31.4 Å². The number of hydrogen-bond donors (Lipinski definition) is 0. The van der Waals surface area contributed by atoms with Gasteiger partial charge in [0.25, 0.3) is 5.91 Å². The highest BCUT2D eigenvalue weighted by molar-refractivity contribution is 6.34. The number of pyridine rings is 1. The minimum Gasteiger partial charge on any atom is -0.374 e. The zero-order valence-corrected chi connectivity index (χ0v) is 11.8. The molecule has 0 aromatic carbocycles. The minimum atomic E-state index is -0.146. The second-order valence-electron chi connectivity index (χ2n) is 4.87. The van der Waals surface area contributed by atoms with Gasteiger partial charge in [0.1, 0.15) is 10.8 Å². The van der Waals surface area contributed by atoms with Crippen molar-refractivity contribution in [3.8, 4) is 0 Å². The largest absolute Gasteiger partial charge is 0.374 e. The third-order valence-electron chi connectivity index (χ3n) is 3.76.